The number of rotatable bonds is 3. The van der Waals surface area contributed by atoms with E-state index < -0.39 is 19.8 Å². The fourth-order valence-electron chi connectivity index (χ4n) is 0.103. The molecule has 9 heavy (non-hydrogen) atoms. The molecule has 0 aromatic rings. The Morgan fingerprint density at radius 1 is 1.67 bits per heavy atom. The van der Waals surface area contributed by atoms with Gasteiger partial charge in [0.1, 0.15) is 0 Å². The summed E-state index contributed by atoms with van der Waals surface area (Å²) >= 11 is 0. The Morgan fingerprint density at radius 3 is 2.22 bits per heavy atom. The van der Waals surface area contributed by atoms with E-state index in [-0.39, 0.29) is 0 Å². The second-order valence-corrected chi connectivity index (χ2v) is 2.64. The molecular weight excluding hydrogens is 151 g/mol. The highest BCUT2D eigenvalue weighted by molar-refractivity contribution is 7.70. The van der Waals surface area contributed by atoms with Crippen LogP contribution in [0.4, 0.5) is 4.79 Å². The fraction of sp³-hybridized carbons (Fsp3) is 0. The Bertz CT molecular complexity index is 172. The minimum Gasteiger partial charge on any atom is -0.471 e. The van der Waals surface area contributed by atoms with Crippen molar-refractivity contribution in [1.29, 1.82) is 0 Å². The molecule has 1 unspecified atom stereocenters. The second kappa shape index (κ2) is 2.61. The normalized spacial score (nSPS) is 15.7. The van der Waals surface area contributed by atoms with Crippen LogP contribution in [0.5, 0.6) is 0 Å². The Balaban J connectivity index is 4.20. The fourth-order valence-corrected chi connectivity index (χ4v) is 0.310. The molecule has 52 valence electrons. The average molecular weight is 154 g/mol. The maximum atomic E-state index is 10.0. The Hall–Kier alpha value is -0.870. The van der Waals surface area contributed by atoms with Gasteiger partial charge in [-0.3, -0.25) is 4.79 Å². The molecule has 0 aliphatic heterocycles. The van der Waals surface area contributed by atoms with Crippen LogP contribution in [0, 0.1) is 0 Å². The number of hydrogen-bond donors (Lipinski definition) is 2. The molecule has 0 fully saturated rings. The summed E-state index contributed by atoms with van der Waals surface area (Å²) in [6.07, 6.45) is 0. The van der Waals surface area contributed by atoms with Crippen LogP contribution >= 0.6 is 7.60 Å². The zero-order valence-electron chi connectivity index (χ0n) is 4.05. The molecule has 0 saturated carbocycles. The predicted octanol–water partition coefficient (Wildman–Crippen LogP) is 0.0228. The van der Waals surface area contributed by atoms with Crippen LogP contribution in [-0.2, 0) is 13.9 Å². The van der Waals surface area contributed by atoms with Crippen LogP contribution in [0.1, 0.15) is 0 Å². The van der Waals surface area contributed by atoms with Gasteiger partial charge in [0, 0.05) is 0 Å². The van der Waals surface area contributed by atoms with E-state index in [9.17, 15) is 14.2 Å². The summed E-state index contributed by atoms with van der Waals surface area (Å²) in [5.41, 5.74) is -2.05. The van der Waals surface area contributed by atoms with E-state index in [1.54, 1.807) is 0 Å². The van der Waals surface area contributed by atoms with Crippen molar-refractivity contribution in [2.45, 2.75) is 0 Å². The van der Waals surface area contributed by atoms with Gasteiger partial charge >= 0.3 is 13.3 Å². The molecule has 0 spiro atoms. The summed E-state index contributed by atoms with van der Waals surface area (Å²) in [6.45, 7) is -0.394. The molecule has 0 aliphatic carbocycles. The molecule has 0 saturated heterocycles. The van der Waals surface area contributed by atoms with Crippen LogP contribution in [0.25, 0.3) is 0 Å². The summed E-state index contributed by atoms with van der Waals surface area (Å²) < 4.78 is 13.3. The number of carboxylic acid groups (broad SMARTS) is 1. The average Bonchev–Trinajstić information content (AvgIpc) is 1.65. The number of carbonyl (C=O) groups is 2. The quantitative estimate of drug-likeness (QED) is 0.439. The lowest BCUT2D eigenvalue weighted by Crippen LogP contribution is -1.97. The topological polar surface area (TPSA) is 101 Å². The molecule has 0 amide bonds. The number of hydrogen-bond acceptors (Lipinski definition) is 4. The van der Waals surface area contributed by atoms with Crippen molar-refractivity contribution in [2.75, 3.05) is 0 Å². The van der Waals surface area contributed by atoms with Gasteiger partial charge in [0.2, 0.25) is 0 Å². The van der Waals surface area contributed by atoms with E-state index in [4.69, 9.17) is 10.00 Å². The lowest BCUT2D eigenvalue weighted by atomic mass is 11.6. The van der Waals surface area contributed by atoms with Crippen molar-refractivity contribution < 1.29 is 28.7 Å². The van der Waals surface area contributed by atoms with Gasteiger partial charge in [-0.2, -0.15) is 0 Å². The van der Waals surface area contributed by atoms with Gasteiger partial charge in [0.05, 0.1) is 0 Å². The Kier molecular flexibility index (Phi) is 2.36. The summed E-state index contributed by atoms with van der Waals surface area (Å²) in [5, 5.41) is 7.78. The van der Waals surface area contributed by atoms with E-state index in [0.29, 0.717) is 0 Å². The highest BCUT2D eigenvalue weighted by Gasteiger charge is 2.30. The monoisotopic (exact) mass is 154 g/mol. The van der Waals surface area contributed by atoms with Gasteiger partial charge in [-0.05, 0) is 0 Å². The molecule has 0 aliphatic rings. The molecule has 7 heteroatoms. The lowest BCUT2D eigenvalue weighted by Gasteiger charge is -1.98. The SMILES string of the molecule is O=COP(=O)(O)C(=O)O. The first-order chi connectivity index (χ1) is 4.00. The molecule has 0 rings (SSSR count). The Morgan fingerprint density at radius 2 is 2.11 bits per heavy atom. The molecular formula is C2H3O6P. The molecule has 0 radical (unpaired) electrons. The van der Waals surface area contributed by atoms with E-state index in [2.05, 4.69) is 4.52 Å². The van der Waals surface area contributed by atoms with Crippen molar-refractivity contribution in [2.24, 2.45) is 0 Å². The molecule has 0 aromatic heterocycles. The molecule has 1 atom stereocenters. The highest BCUT2D eigenvalue weighted by atomic mass is 31.2. The minimum absolute atomic E-state index is 0.394. The molecule has 0 bridgehead atoms. The standard InChI is InChI=1S/C2H3O6P/c3-1-8-9(6,7)2(4)5/h1H,(H,4,5)(H,6,7). The van der Waals surface area contributed by atoms with Gasteiger partial charge in [-0.25, -0.2) is 9.36 Å². The highest BCUT2D eigenvalue weighted by Crippen LogP contribution is 2.41. The maximum Gasteiger partial charge on any atom is 0.487 e. The van der Waals surface area contributed by atoms with Crippen molar-refractivity contribution in [3.8, 4) is 0 Å². The molecule has 0 heterocycles. The summed E-state index contributed by atoms with van der Waals surface area (Å²) in [5.74, 6) is 0. The van der Waals surface area contributed by atoms with Gasteiger partial charge in [-0.15, -0.1) is 0 Å². The molecule has 0 aromatic carbocycles. The minimum atomic E-state index is -4.72. The first kappa shape index (κ1) is 8.13. The van der Waals surface area contributed by atoms with Crippen LogP contribution in [-0.4, -0.2) is 22.2 Å². The van der Waals surface area contributed by atoms with E-state index in [0.717, 1.165) is 0 Å². The lowest BCUT2D eigenvalue weighted by molar-refractivity contribution is -0.121. The second-order valence-electron chi connectivity index (χ2n) is 1.00. The summed E-state index contributed by atoms with van der Waals surface area (Å²) in [7, 11) is -4.72. The van der Waals surface area contributed by atoms with Gasteiger partial charge < -0.3 is 14.5 Å². The maximum absolute atomic E-state index is 10.0. The van der Waals surface area contributed by atoms with Crippen LogP contribution < -0.4 is 0 Å². The van der Waals surface area contributed by atoms with Crippen molar-refractivity contribution in [3.05, 3.63) is 0 Å². The summed E-state index contributed by atoms with van der Waals surface area (Å²) in [4.78, 5) is 27.0. The largest absolute Gasteiger partial charge is 0.487 e. The van der Waals surface area contributed by atoms with Gasteiger partial charge in [-0.1, -0.05) is 0 Å². The third-order valence-corrected chi connectivity index (χ3v) is 1.28. The van der Waals surface area contributed by atoms with Crippen molar-refractivity contribution in [1.82, 2.24) is 0 Å². The van der Waals surface area contributed by atoms with E-state index >= 15 is 0 Å². The molecule has 6 nitrogen and oxygen atoms in total. The van der Waals surface area contributed by atoms with Crippen molar-refractivity contribution >= 4 is 19.8 Å². The third kappa shape index (κ3) is 2.25. The molecule has 2 N–H and O–H groups in total. The Labute approximate surface area is 49.6 Å². The van der Waals surface area contributed by atoms with Crippen LogP contribution in [0.2, 0.25) is 0 Å². The van der Waals surface area contributed by atoms with Crippen LogP contribution in [0.15, 0.2) is 0 Å². The zero-order valence-corrected chi connectivity index (χ0v) is 4.95. The predicted molar refractivity (Wildman–Crippen MR) is 25.0 cm³/mol. The third-order valence-electron chi connectivity index (χ3n) is 0.428. The smallest absolute Gasteiger partial charge is 0.471 e. The van der Waals surface area contributed by atoms with Crippen molar-refractivity contribution in [3.63, 3.8) is 0 Å². The zero-order chi connectivity index (χ0) is 7.49. The number of carbonyl (C=O) groups excluding carboxylic acids is 1. The van der Waals surface area contributed by atoms with E-state index in [1.807, 2.05) is 0 Å². The summed E-state index contributed by atoms with van der Waals surface area (Å²) in [6, 6.07) is 0. The van der Waals surface area contributed by atoms with Crippen LogP contribution in [0.3, 0.4) is 0 Å². The first-order valence-corrected chi connectivity index (χ1v) is 3.27. The van der Waals surface area contributed by atoms with E-state index in [1.165, 1.54) is 0 Å². The van der Waals surface area contributed by atoms with Gasteiger partial charge in [0.25, 0.3) is 6.47 Å². The van der Waals surface area contributed by atoms with Gasteiger partial charge in [0.15, 0.2) is 0 Å². The first-order valence-electron chi connectivity index (χ1n) is 1.69.